The van der Waals surface area contributed by atoms with Crippen molar-refractivity contribution in [2.75, 3.05) is 11.2 Å². The second-order valence-corrected chi connectivity index (χ2v) is 5.44. The predicted octanol–water partition coefficient (Wildman–Crippen LogP) is 3.23. The molecule has 0 aromatic heterocycles. The minimum atomic E-state index is -0.225. The molecule has 1 aromatic carbocycles. The van der Waals surface area contributed by atoms with E-state index in [0.717, 1.165) is 37.8 Å². The van der Waals surface area contributed by atoms with E-state index >= 15 is 0 Å². The highest BCUT2D eigenvalue weighted by Gasteiger charge is 2.48. The van der Waals surface area contributed by atoms with Gasteiger partial charge in [-0.1, -0.05) is 25.0 Å². The van der Waals surface area contributed by atoms with Crippen molar-refractivity contribution < 1.29 is 4.79 Å². The van der Waals surface area contributed by atoms with E-state index < -0.39 is 0 Å². The molecule has 1 fully saturated rings. The van der Waals surface area contributed by atoms with Crippen LogP contribution in [0.3, 0.4) is 0 Å². The maximum atomic E-state index is 12.2. The molecule has 1 aromatic rings. The minimum Gasteiger partial charge on any atom is -0.325 e. The third kappa shape index (κ3) is 1.58. The number of aryl methyl sites for hydroxylation is 1. The number of halogens is 1. The van der Waals surface area contributed by atoms with Crippen molar-refractivity contribution in [2.24, 2.45) is 0 Å². The first kappa shape index (κ1) is 11.1. The maximum absolute atomic E-state index is 12.2. The molecule has 1 spiro atoms. The first-order valence-electron chi connectivity index (χ1n) is 6.27. The fourth-order valence-electron chi connectivity index (χ4n) is 3.20. The minimum absolute atomic E-state index is 0.202. The van der Waals surface area contributed by atoms with E-state index in [1.54, 1.807) is 0 Å². The van der Waals surface area contributed by atoms with Crippen LogP contribution in [0, 0.1) is 0 Å². The lowest BCUT2D eigenvalue weighted by Crippen LogP contribution is -2.31. The van der Waals surface area contributed by atoms with Crippen LogP contribution in [0.15, 0.2) is 18.2 Å². The molecule has 17 heavy (non-hydrogen) atoms. The highest BCUT2D eigenvalue weighted by Crippen LogP contribution is 2.48. The standard InChI is InChI=1S/C14H16ClNO/c15-8-5-10-3-4-12-11(9-10)14(13(17)16-12)6-1-2-7-14/h3-4,9H,1-2,5-8H2,(H,16,17). The topological polar surface area (TPSA) is 29.1 Å². The van der Waals surface area contributed by atoms with E-state index in [4.69, 9.17) is 11.6 Å². The molecule has 1 N–H and O–H groups in total. The molecule has 1 aliphatic heterocycles. The van der Waals surface area contributed by atoms with Gasteiger partial charge in [-0.05, 0) is 36.5 Å². The third-order valence-electron chi connectivity index (χ3n) is 4.12. The molecule has 0 radical (unpaired) electrons. The van der Waals surface area contributed by atoms with Crippen LogP contribution in [0.4, 0.5) is 5.69 Å². The van der Waals surface area contributed by atoms with Gasteiger partial charge in [0, 0.05) is 11.6 Å². The van der Waals surface area contributed by atoms with E-state index in [0.29, 0.717) is 5.88 Å². The fraction of sp³-hybridized carbons (Fsp3) is 0.500. The van der Waals surface area contributed by atoms with Crippen LogP contribution in [0.2, 0.25) is 0 Å². The SMILES string of the molecule is O=C1Nc2ccc(CCCl)cc2C12CCCC2. The maximum Gasteiger partial charge on any atom is 0.235 e. The Labute approximate surface area is 106 Å². The summed E-state index contributed by atoms with van der Waals surface area (Å²) in [6.07, 6.45) is 5.19. The zero-order chi connectivity index (χ0) is 11.9. The number of rotatable bonds is 2. The summed E-state index contributed by atoms with van der Waals surface area (Å²) in [4.78, 5) is 12.2. The third-order valence-corrected chi connectivity index (χ3v) is 4.31. The highest BCUT2D eigenvalue weighted by atomic mass is 35.5. The summed E-state index contributed by atoms with van der Waals surface area (Å²) in [5.41, 5.74) is 3.23. The average molecular weight is 250 g/mol. The van der Waals surface area contributed by atoms with Gasteiger partial charge in [0.05, 0.1) is 5.41 Å². The van der Waals surface area contributed by atoms with Gasteiger partial charge in [0.25, 0.3) is 0 Å². The molecular formula is C14H16ClNO. The Bertz CT molecular complexity index is 463. The van der Waals surface area contributed by atoms with E-state index in [2.05, 4.69) is 17.4 Å². The largest absolute Gasteiger partial charge is 0.325 e. The van der Waals surface area contributed by atoms with Gasteiger partial charge in [0.2, 0.25) is 5.91 Å². The van der Waals surface area contributed by atoms with Gasteiger partial charge < -0.3 is 5.32 Å². The first-order valence-corrected chi connectivity index (χ1v) is 6.80. The lowest BCUT2D eigenvalue weighted by Gasteiger charge is -2.20. The molecule has 0 saturated heterocycles. The van der Waals surface area contributed by atoms with Crippen molar-refractivity contribution in [3.8, 4) is 0 Å². The zero-order valence-corrected chi connectivity index (χ0v) is 10.5. The van der Waals surface area contributed by atoms with Gasteiger partial charge in [-0.15, -0.1) is 11.6 Å². The summed E-state index contributed by atoms with van der Waals surface area (Å²) in [7, 11) is 0. The lowest BCUT2D eigenvalue weighted by molar-refractivity contribution is -0.120. The molecule has 0 atom stereocenters. The Morgan fingerprint density at radius 2 is 2.06 bits per heavy atom. The Balaban J connectivity index is 2.06. The number of hydrogen-bond acceptors (Lipinski definition) is 1. The van der Waals surface area contributed by atoms with Gasteiger partial charge in [0.1, 0.15) is 0 Å². The van der Waals surface area contributed by atoms with E-state index in [1.807, 2.05) is 6.07 Å². The second-order valence-electron chi connectivity index (χ2n) is 5.06. The van der Waals surface area contributed by atoms with Crippen LogP contribution in [-0.2, 0) is 16.6 Å². The molecule has 3 heteroatoms. The first-order chi connectivity index (χ1) is 8.26. The molecule has 1 heterocycles. The average Bonchev–Trinajstić information content (AvgIpc) is 2.90. The Kier molecular flexibility index (Phi) is 2.62. The number of hydrogen-bond donors (Lipinski definition) is 1. The quantitative estimate of drug-likeness (QED) is 0.801. The number of alkyl halides is 1. The van der Waals surface area contributed by atoms with Gasteiger partial charge in [-0.3, -0.25) is 4.79 Å². The summed E-state index contributed by atoms with van der Waals surface area (Å²) in [6.45, 7) is 0. The molecule has 1 aliphatic carbocycles. The second kappa shape index (κ2) is 4.02. The van der Waals surface area contributed by atoms with Gasteiger partial charge in [0.15, 0.2) is 0 Å². The molecule has 90 valence electrons. The van der Waals surface area contributed by atoms with Crippen molar-refractivity contribution in [1.29, 1.82) is 0 Å². The molecule has 2 nitrogen and oxygen atoms in total. The molecular weight excluding hydrogens is 234 g/mol. The van der Waals surface area contributed by atoms with Crippen molar-refractivity contribution in [3.05, 3.63) is 29.3 Å². The zero-order valence-electron chi connectivity index (χ0n) is 9.76. The Hall–Kier alpha value is -1.02. The number of nitrogens with one attached hydrogen (secondary N) is 1. The van der Waals surface area contributed by atoms with Crippen molar-refractivity contribution >= 4 is 23.2 Å². The molecule has 1 saturated carbocycles. The van der Waals surface area contributed by atoms with E-state index in [1.165, 1.54) is 11.1 Å². The summed E-state index contributed by atoms with van der Waals surface area (Å²) in [5, 5.41) is 3.03. The summed E-state index contributed by atoms with van der Waals surface area (Å²) >= 11 is 5.78. The number of anilines is 1. The van der Waals surface area contributed by atoms with Crippen LogP contribution in [0.1, 0.15) is 36.8 Å². The monoisotopic (exact) mass is 249 g/mol. The lowest BCUT2D eigenvalue weighted by atomic mass is 9.79. The number of carbonyl (C=O) groups is 1. The number of amides is 1. The van der Waals surface area contributed by atoms with Gasteiger partial charge >= 0.3 is 0 Å². The number of benzene rings is 1. The molecule has 3 rings (SSSR count). The van der Waals surface area contributed by atoms with Crippen LogP contribution in [0.25, 0.3) is 0 Å². The molecule has 2 aliphatic rings. The molecule has 1 amide bonds. The Morgan fingerprint density at radius 3 is 2.76 bits per heavy atom. The van der Waals surface area contributed by atoms with Gasteiger partial charge in [-0.2, -0.15) is 0 Å². The summed E-state index contributed by atoms with van der Waals surface area (Å²) < 4.78 is 0. The molecule has 0 unspecified atom stereocenters. The predicted molar refractivity (Wildman–Crippen MR) is 69.6 cm³/mol. The van der Waals surface area contributed by atoms with E-state index in [9.17, 15) is 4.79 Å². The van der Waals surface area contributed by atoms with Crippen LogP contribution < -0.4 is 5.32 Å². The van der Waals surface area contributed by atoms with Crippen LogP contribution >= 0.6 is 11.6 Å². The normalized spacial score (nSPS) is 20.6. The fourth-order valence-corrected chi connectivity index (χ4v) is 3.42. The summed E-state index contributed by atoms with van der Waals surface area (Å²) in [5.74, 6) is 0.834. The smallest absolute Gasteiger partial charge is 0.235 e. The van der Waals surface area contributed by atoms with Crippen molar-refractivity contribution in [3.63, 3.8) is 0 Å². The Morgan fingerprint density at radius 1 is 1.29 bits per heavy atom. The molecule has 0 bridgehead atoms. The van der Waals surface area contributed by atoms with Gasteiger partial charge in [-0.25, -0.2) is 0 Å². The number of carbonyl (C=O) groups excluding carboxylic acids is 1. The highest BCUT2D eigenvalue weighted by molar-refractivity contribution is 6.18. The number of fused-ring (bicyclic) bond motifs is 2. The van der Waals surface area contributed by atoms with E-state index in [-0.39, 0.29) is 11.3 Å². The summed E-state index contributed by atoms with van der Waals surface area (Å²) in [6, 6.07) is 6.28. The van der Waals surface area contributed by atoms with Crippen molar-refractivity contribution in [1.82, 2.24) is 0 Å². The van der Waals surface area contributed by atoms with Crippen LogP contribution in [0.5, 0.6) is 0 Å². The van der Waals surface area contributed by atoms with Crippen molar-refractivity contribution in [2.45, 2.75) is 37.5 Å². The van der Waals surface area contributed by atoms with Crippen LogP contribution in [-0.4, -0.2) is 11.8 Å².